The molecule has 0 fully saturated rings. The smallest absolute Gasteiger partial charge is 0.500 e. The van der Waals surface area contributed by atoms with Crippen molar-refractivity contribution < 1.29 is 28.3 Å². The molecule has 1 rings (SSSR count). The molecule has 0 bridgehead atoms. The summed E-state index contributed by atoms with van der Waals surface area (Å²) >= 11 is 0. The Labute approximate surface area is 143 Å². The highest BCUT2D eigenvalue weighted by Gasteiger charge is 2.39. The first-order valence-electron chi connectivity index (χ1n) is 8.20. The van der Waals surface area contributed by atoms with Gasteiger partial charge in [0.25, 0.3) is 5.91 Å². The van der Waals surface area contributed by atoms with Crippen LogP contribution in [0.25, 0.3) is 0 Å². The van der Waals surface area contributed by atoms with Crippen molar-refractivity contribution in [3.05, 3.63) is 23.8 Å². The highest BCUT2D eigenvalue weighted by atomic mass is 28.4. The number of nitrogens with one attached hydrogen (secondary N) is 1. The van der Waals surface area contributed by atoms with Crippen LogP contribution >= 0.6 is 0 Å². The molecule has 0 aromatic heterocycles. The van der Waals surface area contributed by atoms with Crippen molar-refractivity contribution in [1.29, 1.82) is 0 Å². The lowest BCUT2D eigenvalue weighted by atomic mass is 10.2. The molecule has 0 heterocycles. The van der Waals surface area contributed by atoms with Gasteiger partial charge in [-0.05, 0) is 45.4 Å². The minimum atomic E-state index is -2.71. The number of phenolic OH excluding ortho intramolecular Hbond substituents is 2. The van der Waals surface area contributed by atoms with Crippen molar-refractivity contribution in [1.82, 2.24) is 5.32 Å². The number of phenols is 2. The molecule has 0 aliphatic carbocycles. The Kier molecular flexibility index (Phi) is 8.76. The highest BCUT2D eigenvalue weighted by Crippen LogP contribution is 2.22. The molecule has 0 saturated carbocycles. The summed E-state index contributed by atoms with van der Waals surface area (Å²) in [7, 11) is -2.71. The first kappa shape index (κ1) is 20.4. The van der Waals surface area contributed by atoms with Gasteiger partial charge in [-0.15, -0.1) is 0 Å². The van der Waals surface area contributed by atoms with E-state index in [2.05, 4.69) is 5.32 Å². The van der Waals surface area contributed by atoms with E-state index in [0.717, 1.165) is 0 Å². The van der Waals surface area contributed by atoms with Crippen molar-refractivity contribution in [3.8, 4) is 11.5 Å². The van der Waals surface area contributed by atoms with Crippen molar-refractivity contribution in [2.75, 3.05) is 26.4 Å². The Balaban J connectivity index is 2.55. The van der Waals surface area contributed by atoms with Gasteiger partial charge in [0.15, 0.2) is 0 Å². The fourth-order valence-corrected chi connectivity index (χ4v) is 4.92. The lowest BCUT2D eigenvalue weighted by Gasteiger charge is -2.28. The molecular weight excluding hydrogens is 330 g/mol. The second kappa shape index (κ2) is 10.3. The number of hydrogen-bond acceptors (Lipinski definition) is 6. The average Bonchev–Trinajstić information content (AvgIpc) is 2.54. The number of carbonyl (C=O) groups excluding carboxylic acids is 1. The van der Waals surface area contributed by atoms with Crippen LogP contribution in [0.5, 0.6) is 11.5 Å². The highest BCUT2D eigenvalue weighted by molar-refractivity contribution is 6.60. The van der Waals surface area contributed by atoms with E-state index < -0.39 is 14.7 Å². The summed E-state index contributed by atoms with van der Waals surface area (Å²) in [5, 5.41) is 21.8. The third-order valence-corrected chi connectivity index (χ3v) is 6.41. The fourth-order valence-electron chi connectivity index (χ4n) is 2.31. The van der Waals surface area contributed by atoms with Crippen molar-refractivity contribution in [2.45, 2.75) is 33.2 Å². The van der Waals surface area contributed by atoms with Gasteiger partial charge in [-0.25, -0.2) is 0 Å². The third kappa shape index (κ3) is 6.12. The predicted molar refractivity (Wildman–Crippen MR) is 92.2 cm³/mol. The Bertz CT molecular complexity index is 508. The molecule has 0 unspecified atom stereocenters. The van der Waals surface area contributed by atoms with Crippen LogP contribution in [0.4, 0.5) is 0 Å². The van der Waals surface area contributed by atoms with Gasteiger partial charge < -0.3 is 28.8 Å². The maximum Gasteiger partial charge on any atom is 0.500 e. The Morgan fingerprint density at radius 1 is 1.08 bits per heavy atom. The van der Waals surface area contributed by atoms with Crippen LogP contribution in [0.3, 0.4) is 0 Å². The molecule has 0 spiro atoms. The van der Waals surface area contributed by atoms with Gasteiger partial charge in [0.1, 0.15) is 11.5 Å². The zero-order valence-corrected chi connectivity index (χ0v) is 15.5. The number of rotatable bonds is 11. The monoisotopic (exact) mass is 357 g/mol. The summed E-state index contributed by atoms with van der Waals surface area (Å²) in [5.74, 6) is -0.694. The summed E-state index contributed by atoms with van der Waals surface area (Å²) in [4.78, 5) is 12.1. The second-order valence-corrected chi connectivity index (χ2v) is 7.78. The van der Waals surface area contributed by atoms with Crippen LogP contribution in [0.1, 0.15) is 37.6 Å². The van der Waals surface area contributed by atoms with Gasteiger partial charge in [-0.1, -0.05) is 0 Å². The van der Waals surface area contributed by atoms with E-state index in [-0.39, 0.29) is 17.1 Å². The van der Waals surface area contributed by atoms with E-state index in [1.807, 2.05) is 20.8 Å². The fraction of sp³-hybridized carbons (Fsp3) is 0.562. The second-order valence-electron chi connectivity index (χ2n) is 5.04. The van der Waals surface area contributed by atoms with Gasteiger partial charge in [0, 0.05) is 32.4 Å². The third-order valence-electron chi connectivity index (χ3n) is 3.26. The molecule has 3 N–H and O–H groups in total. The van der Waals surface area contributed by atoms with E-state index in [9.17, 15) is 15.0 Å². The maximum absolute atomic E-state index is 12.1. The molecule has 0 saturated heterocycles. The average molecular weight is 357 g/mol. The van der Waals surface area contributed by atoms with Gasteiger partial charge in [0.05, 0.1) is 5.56 Å². The molecule has 24 heavy (non-hydrogen) atoms. The molecule has 0 aliphatic heterocycles. The molecule has 0 atom stereocenters. The van der Waals surface area contributed by atoms with Crippen LogP contribution in [-0.4, -0.2) is 51.3 Å². The van der Waals surface area contributed by atoms with Gasteiger partial charge >= 0.3 is 8.80 Å². The van der Waals surface area contributed by atoms with Crippen molar-refractivity contribution >= 4 is 14.7 Å². The van der Waals surface area contributed by atoms with Crippen molar-refractivity contribution in [2.24, 2.45) is 0 Å². The topological polar surface area (TPSA) is 97.3 Å². The first-order valence-corrected chi connectivity index (χ1v) is 10.1. The summed E-state index contributed by atoms with van der Waals surface area (Å²) < 4.78 is 17.2. The van der Waals surface area contributed by atoms with Gasteiger partial charge in [-0.2, -0.15) is 0 Å². The zero-order valence-electron chi connectivity index (χ0n) is 14.5. The van der Waals surface area contributed by atoms with E-state index >= 15 is 0 Å². The van der Waals surface area contributed by atoms with Gasteiger partial charge in [-0.3, -0.25) is 4.79 Å². The van der Waals surface area contributed by atoms with E-state index in [0.29, 0.717) is 38.8 Å². The predicted octanol–water partition coefficient (Wildman–Crippen LogP) is 2.27. The summed E-state index contributed by atoms with van der Waals surface area (Å²) in [6, 6.07) is 4.42. The quantitative estimate of drug-likeness (QED) is 0.319. The van der Waals surface area contributed by atoms with E-state index in [4.69, 9.17) is 13.3 Å². The van der Waals surface area contributed by atoms with E-state index in [1.54, 1.807) is 0 Å². The number of hydrogen-bond donors (Lipinski definition) is 3. The summed E-state index contributed by atoms with van der Waals surface area (Å²) in [6.07, 6.45) is 0.623. The number of carbonyl (C=O) groups is 1. The molecule has 8 heteroatoms. The number of aromatic hydroxyl groups is 2. The zero-order chi connectivity index (χ0) is 18.0. The lowest BCUT2D eigenvalue weighted by molar-refractivity contribution is 0.0704. The normalized spacial score (nSPS) is 11.5. The molecule has 1 amide bonds. The lowest BCUT2D eigenvalue weighted by Crippen LogP contribution is -2.46. The molecule has 1 aromatic rings. The largest absolute Gasteiger partial charge is 0.508 e. The van der Waals surface area contributed by atoms with Crippen LogP contribution in [-0.2, 0) is 13.3 Å². The van der Waals surface area contributed by atoms with Crippen LogP contribution in [0, 0.1) is 0 Å². The molecule has 136 valence electrons. The molecular formula is C16H27NO6Si. The SMILES string of the molecule is CCO[Si](CCCNC(=O)c1cc(O)ccc1O)(OCC)OCC. The molecule has 1 aromatic carbocycles. The standard InChI is InChI=1S/C16H27NO6Si/c1-4-21-24(22-5-2,23-6-3)11-7-10-17-16(20)14-12-13(18)8-9-15(14)19/h8-9,12,18-19H,4-7,10-11H2,1-3H3,(H,17,20). The first-order chi connectivity index (χ1) is 11.5. The Morgan fingerprint density at radius 2 is 1.67 bits per heavy atom. The summed E-state index contributed by atoms with van der Waals surface area (Å²) in [5.41, 5.74) is 0.0398. The van der Waals surface area contributed by atoms with Crippen LogP contribution in [0.2, 0.25) is 6.04 Å². The Morgan fingerprint density at radius 3 is 2.21 bits per heavy atom. The minimum Gasteiger partial charge on any atom is -0.508 e. The van der Waals surface area contributed by atoms with Crippen LogP contribution < -0.4 is 5.32 Å². The Hall–Kier alpha value is -1.61. The van der Waals surface area contributed by atoms with E-state index in [1.165, 1.54) is 18.2 Å². The van der Waals surface area contributed by atoms with Gasteiger partial charge in [0.2, 0.25) is 0 Å². The summed E-state index contributed by atoms with van der Waals surface area (Å²) in [6.45, 7) is 7.60. The molecule has 0 radical (unpaired) electrons. The molecule has 7 nitrogen and oxygen atoms in total. The van der Waals surface area contributed by atoms with Crippen LogP contribution in [0.15, 0.2) is 18.2 Å². The minimum absolute atomic E-state index is 0.0398. The number of amides is 1. The maximum atomic E-state index is 12.1. The number of benzene rings is 1. The van der Waals surface area contributed by atoms with Crippen molar-refractivity contribution in [3.63, 3.8) is 0 Å². The molecule has 0 aliphatic rings.